The van der Waals surface area contributed by atoms with Crippen LogP contribution in [0.3, 0.4) is 0 Å². The maximum absolute atomic E-state index is 13.1. The van der Waals surface area contributed by atoms with Gasteiger partial charge in [-0.1, -0.05) is 37.2 Å². The lowest BCUT2D eigenvalue weighted by molar-refractivity contribution is 0.557. The van der Waals surface area contributed by atoms with Crippen molar-refractivity contribution in [2.75, 3.05) is 0 Å². The van der Waals surface area contributed by atoms with Gasteiger partial charge in [-0.2, -0.15) is 0 Å². The lowest BCUT2D eigenvalue weighted by atomic mass is 10.2. The molecule has 0 amide bonds. The van der Waals surface area contributed by atoms with Gasteiger partial charge in [0.2, 0.25) is 0 Å². The van der Waals surface area contributed by atoms with Crippen LogP contribution in [0.15, 0.2) is 39.0 Å². The summed E-state index contributed by atoms with van der Waals surface area (Å²) in [6.07, 6.45) is 1.89. The zero-order chi connectivity index (χ0) is 21.4. The first-order valence-corrected chi connectivity index (χ1v) is 11.8. The first kappa shape index (κ1) is 20.8. The molecule has 156 valence electrons. The van der Waals surface area contributed by atoms with Gasteiger partial charge in [0.1, 0.15) is 10.7 Å². The molecule has 0 aliphatic rings. The van der Waals surface area contributed by atoms with Crippen LogP contribution in [0, 0.1) is 13.8 Å². The Bertz CT molecular complexity index is 1350. The zero-order valence-electron chi connectivity index (χ0n) is 17.5. The number of H-pyrrole nitrogens is 1. The first-order valence-electron chi connectivity index (χ1n) is 10.1. The zero-order valence-corrected chi connectivity index (χ0v) is 19.1. The number of hydrogen-bond acceptors (Lipinski definition) is 6. The molecule has 1 N–H and O–H groups in total. The van der Waals surface area contributed by atoms with Crippen molar-refractivity contribution < 1.29 is 0 Å². The third kappa shape index (κ3) is 3.70. The molecule has 8 heteroatoms. The van der Waals surface area contributed by atoms with Gasteiger partial charge in [-0.3, -0.25) is 14.2 Å². The number of aryl methyl sites for hydroxylation is 2. The summed E-state index contributed by atoms with van der Waals surface area (Å²) in [5, 5.41) is 1.79. The maximum atomic E-state index is 13.1. The number of hydrogen-bond donors (Lipinski definition) is 1. The van der Waals surface area contributed by atoms with E-state index in [1.807, 2.05) is 45.0 Å². The number of thiophene rings is 1. The van der Waals surface area contributed by atoms with E-state index in [-0.39, 0.29) is 16.4 Å². The number of thioether (sulfide) groups is 1. The van der Waals surface area contributed by atoms with Crippen molar-refractivity contribution in [1.29, 1.82) is 0 Å². The Morgan fingerprint density at radius 2 is 1.97 bits per heavy atom. The van der Waals surface area contributed by atoms with E-state index >= 15 is 0 Å². The Morgan fingerprint density at radius 1 is 1.20 bits per heavy atom. The molecule has 1 atom stereocenters. The van der Waals surface area contributed by atoms with Gasteiger partial charge >= 0.3 is 0 Å². The van der Waals surface area contributed by atoms with Gasteiger partial charge in [0.25, 0.3) is 11.1 Å². The highest BCUT2D eigenvalue weighted by Gasteiger charge is 2.19. The number of nitrogens with zero attached hydrogens (tertiary/aromatic N) is 3. The summed E-state index contributed by atoms with van der Waals surface area (Å²) < 4.78 is 1.75. The molecule has 0 radical (unpaired) electrons. The second-order valence-corrected chi connectivity index (χ2v) is 9.91. The van der Waals surface area contributed by atoms with Crippen LogP contribution in [0.1, 0.15) is 48.2 Å². The van der Waals surface area contributed by atoms with Crippen LogP contribution in [-0.4, -0.2) is 19.5 Å². The third-order valence-corrected chi connectivity index (χ3v) is 7.49. The summed E-state index contributed by atoms with van der Waals surface area (Å²) >= 11 is 2.99. The second kappa shape index (κ2) is 8.35. The highest BCUT2D eigenvalue weighted by molar-refractivity contribution is 7.99. The number of aromatic amines is 1. The minimum Gasteiger partial charge on any atom is -0.309 e. The van der Waals surface area contributed by atoms with E-state index in [0.717, 1.165) is 28.1 Å². The van der Waals surface area contributed by atoms with Gasteiger partial charge in [-0.25, -0.2) is 9.97 Å². The highest BCUT2D eigenvalue weighted by Crippen LogP contribution is 2.34. The van der Waals surface area contributed by atoms with Crippen LogP contribution in [0.5, 0.6) is 0 Å². The Labute approximate surface area is 182 Å². The van der Waals surface area contributed by atoms with Gasteiger partial charge in [0, 0.05) is 11.4 Å². The fourth-order valence-electron chi connectivity index (χ4n) is 3.43. The molecular formula is C22H24N4O2S2. The second-order valence-electron chi connectivity index (χ2n) is 7.40. The number of unbranched alkanes of at least 4 members (excludes halogenated alkanes) is 1. The number of benzene rings is 1. The van der Waals surface area contributed by atoms with Crippen LogP contribution in [0.2, 0.25) is 0 Å². The van der Waals surface area contributed by atoms with E-state index in [2.05, 4.69) is 11.9 Å². The quantitative estimate of drug-likeness (QED) is 0.338. The molecule has 3 heterocycles. The van der Waals surface area contributed by atoms with E-state index in [1.165, 1.54) is 23.1 Å². The Balaban J connectivity index is 1.77. The lowest BCUT2D eigenvalue weighted by Crippen LogP contribution is -2.24. The molecule has 6 nitrogen and oxygen atoms in total. The number of fused-ring (bicyclic) bond motifs is 2. The Hall–Kier alpha value is -2.45. The van der Waals surface area contributed by atoms with Crippen LogP contribution in [0.25, 0.3) is 21.1 Å². The van der Waals surface area contributed by atoms with Crippen LogP contribution < -0.4 is 11.1 Å². The van der Waals surface area contributed by atoms with Gasteiger partial charge in [0.15, 0.2) is 5.16 Å². The average Bonchev–Trinajstić information content (AvgIpc) is 3.02. The molecule has 0 aliphatic heterocycles. The predicted octanol–water partition coefficient (Wildman–Crippen LogP) is 4.96. The van der Waals surface area contributed by atoms with Crippen LogP contribution >= 0.6 is 23.1 Å². The fraction of sp³-hybridized carbons (Fsp3) is 0.364. The smallest absolute Gasteiger partial charge is 0.262 e. The lowest BCUT2D eigenvalue weighted by Gasteiger charge is -2.16. The topological polar surface area (TPSA) is 80.6 Å². The Kier molecular flexibility index (Phi) is 5.79. The standard InChI is InChI=1S/C22H24N4O2S2/c1-5-6-11-26-21(28)15-9-7-8-10-16(15)23-22(26)30-14(4)18-24-19(27)17-12(2)13(3)29-20(17)25-18/h7-10,14H,5-6,11H2,1-4H3,(H,24,25,27). The molecule has 4 aromatic rings. The van der Waals surface area contributed by atoms with Crippen molar-refractivity contribution in [3.8, 4) is 0 Å². The minimum absolute atomic E-state index is 0.0230. The van der Waals surface area contributed by atoms with E-state index < -0.39 is 0 Å². The summed E-state index contributed by atoms with van der Waals surface area (Å²) in [5.74, 6) is 0.600. The maximum Gasteiger partial charge on any atom is 0.262 e. The van der Waals surface area contributed by atoms with E-state index in [0.29, 0.717) is 33.8 Å². The molecule has 0 saturated carbocycles. The SMILES string of the molecule is CCCCn1c(SC(C)c2nc3sc(C)c(C)c3c(=O)[nH]2)nc2ccccc2c1=O. The molecule has 1 aromatic carbocycles. The molecule has 3 aromatic heterocycles. The molecule has 30 heavy (non-hydrogen) atoms. The van der Waals surface area contributed by atoms with Crippen molar-refractivity contribution in [1.82, 2.24) is 19.5 Å². The van der Waals surface area contributed by atoms with E-state index in [9.17, 15) is 9.59 Å². The van der Waals surface area contributed by atoms with Gasteiger partial charge in [0.05, 0.1) is 21.5 Å². The molecule has 0 spiro atoms. The molecule has 0 bridgehead atoms. The van der Waals surface area contributed by atoms with Crippen molar-refractivity contribution in [2.45, 2.75) is 57.5 Å². The molecular weight excluding hydrogens is 416 g/mol. The monoisotopic (exact) mass is 440 g/mol. The van der Waals surface area contributed by atoms with Crippen molar-refractivity contribution in [3.05, 3.63) is 61.2 Å². The summed E-state index contributed by atoms with van der Waals surface area (Å²) in [7, 11) is 0. The predicted molar refractivity (Wildman–Crippen MR) is 125 cm³/mol. The van der Waals surface area contributed by atoms with Crippen LogP contribution in [0.4, 0.5) is 0 Å². The molecule has 1 unspecified atom stereocenters. The molecule has 0 fully saturated rings. The molecule has 0 saturated heterocycles. The molecule has 4 rings (SSSR count). The Morgan fingerprint density at radius 3 is 2.73 bits per heavy atom. The largest absolute Gasteiger partial charge is 0.309 e. The normalized spacial score (nSPS) is 12.7. The number of nitrogens with one attached hydrogen (secondary N) is 1. The summed E-state index contributed by atoms with van der Waals surface area (Å²) in [4.78, 5) is 40.0. The van der Waals surface area contributed by atoms with Gasteiger partial charge in [-0.05, 0) is 44.9 Å². The van der Waals surface area contributed by atoms with Crippen molar-refractivity contribution >= 4 is 44.2 Å². The third-order valence-electron chi connectivity index (χ3n) is 5.29. The first-order chi connectivity index (χ1) is 14.4. The average molecular weight is 441 g/mol. The molecule has 0 aliphatic carbocycles. The van der Waals surface area contributed by atoms with E-state index in [1.54, 1.807) is 4.57 Å². The fourth-order valence-corrected chi connectivity index (χ4v) is 5.46. The van der Waals surface area contributed by atoms with Crippen molar-refractivity contribution in [3.63, 3.8) is 0 Å². The summed E-state index contributed by atoms with van der Waals surface area (Å²) in [6.45, 7) is 8.66. The number of aromatic nitrogens is 4. The summed E-state index contributed by atoms with van der Waals surface area (Å²) in [5.41, 5.74) is 1.54. The number of rotatable bonds is 6. The highest BCUT2D eigenvalue weighted by atomic mass is 32.2. The number of para-hydroxylation sites is 1. The summed E-state index contributed by atoms with van der Waals surface area (Å²) in [6, 6.07) is 7.43. The van der Waals surface area contributed by atoms with Crippen molar-refractivity contribution in [2.24, 2.45) is 0 Å². The van der Waals surface area contributed by atoms with Crippen LogP contribution in [-0.2, 0) is 6.54 Å². The van der Waals surface area contributed by atoms with E-state index in [4.69, 9.17) is 9.97 Å². The van der Waals surface area contributed by atoms with Gasteiger partial charge < -0.3 is 4.98 Å². The van der Waals surface area contributed by atoms with Gasteiger partial charge in [-0.15, -0.1) is 11.3 Å². The minimum atomic E-state index is -0.161.